The van der Waals surface area contributed by atoms with Crippen LogP contribution < -0.4 is 14.4 Å². The van der Waals surface area contributed by atoms with Crippen molar-refractivity contribution in [3.63, 3.8) is 0 Å². The van der Waals surface area contributed by atoms with Crippen molar-refractivity contribution in [1.29, 1.82) is 0 Å². The third-order valence-corrected chi connectivity index (χ3v) is 5.23. The summed E-state index contributed by atoms with van der Waals surface area (Å²) in [7, 11) is 3.14. The molecule has 1 aliphatic rings. The summed E-state index contributed by atoms with van der Waals surface area (Å²) in [5.41, 5.74) is 1.61. The molecule has 2 aromatic carbocycles. The summed E-state index contributed by atoms with van der Waals surface area (Å²) in [4.78, 5) is 18.8. The maximum Gasteiger partial charge on any atom is 0.232 e. The number of amides is 1. The van der Waals surface area contributed by atoms with Crippen LogP contribution in [0.25, 0.3) is 11.4 Å². The Morgan fingerprint density at radius 2 is 1.86 bits per heavy atom. The van der Waals surface area contributed by atoms with Gasteiger partial charge in [-0.15, -0.1) is 0 Å². The number of carbonyl (C=O) groups excluding carboxylic acids is 1. The van der Waals surface area contributed by atoms with Gasteiger partial charge in [-0.2, -0.15) is 4.98 Å². The van der Waals surface area contributed by atoms with Crippen molar-refractivity contribution in [3.8, 4) is 22.9 Å². The van der Waals surface area contributed by atoms with Gasteiger partial charge in [-0.3, -0.25) is 4.79 Å². The zero-order chi connectivity index (χ0) is 19.7. The zero-order valence-electron chi connectivity index (χ0n) is 15.4. The van der Waals surface area contributed by atoms with E-state index in [9.17, 15) is 4.79 Å². The SMILES string of the molecule is COc1ccc(N2CC(c3nc(-c4ccc(Br)cc4)no3)CC2=O)cc1OC. The maximum atomic E-state index is 12.6. The van der Waals surface area contributed by atoms with Gasteiger partial charge in [-0.05, 0) is 36.4 Å². The molecule has 1 unspecified atom stereocenters. The monoisotopic (exact) mass is 443 g/mol. The number of nitrogens with zero attached hydrogens (tertiary/aromatic N) is 3. The smallest absolute Gasteiger partial charge is 0.232 e. The highest BCUT2D eigenvalue weighted by molar-refractivity contribution is 9.10. The molecule has 1 aromatic heterocycles. The molecule has 1 fully saturated rings. The van der Waals surface area contributed by atoms with Gasteiger partial charge >= 0.3 is 0 Å². The van der Waals surface area contributed by atoms with Crippen LogP contribution in [0.3, 0.4) is 0 Å². The molecule has 0 aliphatic carbocycles. The largest absolute Gasteiger partial charge is 0.493 e. The lowest BCUT2D eigenvalue weighted by molar-refractivity contribution is -0.117. The summed E-state index contributed by atoms with van der Waals surface area (Å²) in [5.74, 6) is 2.02. The van der Waals surface area contributed by atoms with Crippen LogP contribution in [0.4, 0.5) is 5.69 Å². The number of methoxy groups -OCH3 is 2. The second kappa shape index (κ2) is 7.63. The highest BCUT2D eigenvalue weighted by atomic mass is 79.9. The molecular formula is C20H18BrN3O4. The number of hydrogen-bond donors (Lipinski definition) is 0. The number of halogens is 1. The Morgan fingerprint density at radius 1 is 1.11 bits per heavy atom. The van der Waals surface area contributed by atoms with Crippen LogP contribution in [0, 0.1) is 0 Å². The summed E-state index contributed by atoms with van der Waals surface area (Å²) in [6.45, 7) is 0.469. The quantitative estimate of drug-likeness (QED) is 0.591. The average molecular weight is 444 g/mol. The highest BCUT2D eigenvalue weighted by Crippen LogP contribution is 2.36. The summed E-state index contributed by atoms with van der Waals surface area (Å²) in [5, 5.41) is 4.07. The van der Waals surface area contributed by atoms with E-state index in [1.807, 2.05) is 30.3 Å². The van der Waals surface area contributed by atoms with Crippen molar-refractivity contribution < 1.29 is 18.8 Å². The Kier molecular flexibility index (Phi) is 5.04. The number of carbonyl (C=O) groups is 1. The predicted molar refractivity (Wildman–Crippen MR) is 107 cm³/mol. The zero-order valence-corrected chi connectivity index (χ0v) is 17.0. The van der Waals surface area contributed by atoms with Crippen molar-refractivity contribution in [2.75, 3.05) is 25.7 Å². The molecule has 4 rings (SSSR count). The molecule has 1 atom stereocenters. The van der Waals surface area contributed by atoms with Crippen LogP contribution in [0.2, 0.25) is 0 Å². The molecule has 0 radical (unpaired) electrons. The lowest BCUT2D eigenvalue weighted by Crippen LogP contribution is -2.24. The van der Waals surface area contributed by atoms with E-state index in [2.05, 4.69) is 26.1 Å². The van der Waals surface area contributed by atoms with Gasteiger partial charge in [0.25, 0.3) is 0 Å². The number of ether oxygens (including phenoxy) is 2. The van der Waals surface area contributed by atoms with E-state index in [-0.39, 0.29) is 11.8 Å². The van der Waals surface area contributed by atoms with Gasteiger partial charge in [0.2, 0.25) is 17.6 Å². The molecule has 0 spiro atoms. The molecule has 7 nitrogen and oxygen atoms in total. The lowest BCUT2D eigenvalue weighted by Gasteiger charge is -2.18. The van der Waals surface area contributed by atoms with Crippen LogP contribution in [0.1, 0.15) is 18.2 Å². The van der Waals surface area contributed by atoms with Gasteiger partial charge < -0.3 is 18.9 Å². The molecule has 0 saturated carbocycles. The fourth-order valence-corrected chi connectivity index (χ4v) is 3.50. The Hall–Kier alpha value is -2.87. The van der Waals surface area contributed by atoms with E-state index in [0.29, 0.717) is 36.2 Å². The fraction of sp³-hybridized carbons (Fsp3) is 0.250. The number of hydrogen-bond acceptors (Lipinski definition) is 6. The number of benzene rings is 2. The van der Waals surface area contributed by atoms with Crippen molar-refractivity contribution in [3.05, 3.63) is 52.8 Å². The Labute approximate surface area is 170 Å². The van der Waals surface area contributed by atoms with Crippen LogP contribution in [0.15, 0.2) is 51.5 Å². The normalized spacial score (nSPS) is 16.5. The minimum atomic E-state index is -0.155. The average Bonchev–Trinajstić information content (AvgIpc) is 3.35. The molecule has 8 heteroatoms. The van der Waals surface area contributed by atoms with Crippen LogP contribution in [-0.2, 0) is 4.79 Å². The predicted octanol–water partition coefficient (Wildman–Crippen LogP) is 4.04. The summed E-state index contributed by atoms with van der Waals surface area (Å²) >= 11 is 3.41. The Morgan fingerprint density at radius 3 is 2.57 bits per heavy atom. The molecular weight excluding hydrogens is 426 g/mol. The van der Waals surface area contributed by atoms with Gasteiger partial charge in [0.1, 0.15) is 0 Å². The van der Waals surface area contributed by atoms with Crippen LogP contribution >= 0.6 is 15.9 Å². The minimum Gasteiger partial charge on any atom is -0.493 e. The van der Waals surface area contributed by atoms with E-state index >= 15 is 0 Å². The molecule has 1 saturated heterocycles. The van der Waals surface area contributed by atoms with Crippen molar-refractivity contribution in [2.45, 2.75) is 12.3 Å². The first-order valence-corrected chi connectivity index (χ1v) is 9.50. The van der Waals surface area contributed by atoms with E-state index in [1.165, 1.54) is 0 Å². The van der Waals surface area contributed by atoms with Gasteiger partial charge in [0.15, 0.2) is 11.5 Å². The summed E-state index contributed by atoms with van der Waals surface area (Å²) in [6.07, 6.45) is 0.316. The van der Waals surface area contributed by atoms with E-state index in [1.54, 1.807) is 31.3 Å². The minimum absolute atomic E-state index is 0.000566. The third kappa shape index (κ3) is 3.47. The Balaban J connectivity index is 1.55. The molecule has 0 N–H and O–H groups in total. The lowest BCUT2D eigenvalue weighted by atomic mass is 10.1. The molecule has 2 heterocycles. The topological polar surface area (TPSA) is 77.7 Å². The van der Waals surface area contributed by atoms with Gasteiger partial charge in [0, 0.05) is 34.8 Å². The van der Waals surface area contributed by atoms with E-state index in [0.717, 1.165) is 15.7 Å². The Bertz CT molecular complexity index is 1000. The first-order chi connectivity index (χ1) is 13.6. The van der Waals surface area contributed by atoms with Gasteiger partial charge in [-0.1, -0.05) is 21.1 Å². The standard InChI is InChI=1S/C20H18BrN3O4/c1-26-16-8-7-15(10-17(16)27-2)24-11-13(9-18(24)25)20-22-19(23-28-20)12-3-5-14(21)6-4-12/h3-8,10,13H,9,11H2,1-2H3. The van der Waals surface area contributed by atoms with E-state index in [4.69, 9.17) is 14.0 Å². The second-order valence-electron chi connectivity index (χ2n) is 6.41. The van der Waals surface area contributed by atoms with E-state index < -0.39 is 0 Å². The van der Waals surface area contributed by atoms with Crippen molar-refractivity contribution >= 4 is 27.5 Å². The molecule has 0 bridgehead atoms. The molecule has 144 valence electrons. The van der Waals surface area contributed by atoms with Gasteiger partial charge in [-0.25, -0.2) is 0 Å². The van der Waals surface area contributed by atoms with Crippen LogP contribution in [0.5, 0.6) is 11.5 Å². The van der Waals surface area contributed by atoms with Crippen LogP contribution in [-0.4, -0.2) is 36.8 Å². The number of anilines is 1. The second-order valence-corrected chi connectivity index (χ2v) is 7.32. The summed E-state index contributed by atoms with van der Waals surface area (Å²) < 4.78 is 17.0. The third-order valence-electron chi connectivity index (χ3n) is 4.70. The first-order valence-electron chi connectivity index (χ1n) is 8.71. The van der Waals surface area contributed by atoms with Crippen molar-refractivity contribution in [2.24, 2.45) is 0 Å². The molecule has 1 amide bonds. The maximum absolute atomic E-state index is 12.6. The molecule has 1 aliphatic heterocycles. The molecule has 28 heavy (non-hydrogen) atoms. The molecule has 3 aromatic rings. The first kappa shape index (κ1) is 18.5. The summed E-state index contributed by atoms with van der Waals surface area (Å²) in [6, 6.07) is 13.1. The number of rotatable bonds is 5. The van der Waals surface area contributed by atoms with Gasteiger partial charge in [0.05, 0.1) is 20.1 Å². The fourth-order valence-electron chi connectivity index (χ4n) is 3.23. The van der Waals surface area contributed by atoms with Crippen molar-refractivity contribution in [1.82, 2.24) is 10.1 Å². The number of aromatic nitrogens is 2. The highest BCUT2D eigenvalue weighted by Gasteiger charge is 2.35.